The number of imidazole rings is 1. The van der Waals surface area contributed by atoms with Crippen molar-refractivity contribution in [2.75, 3.05) is 18.0 Å². The zero-order chi connectivity index (χ0) is 15.8. The Morgan fingerprint density at radius 2 is 2.00 bits per heavy atom. The molecule has 1 aromatic carbocycles. The lowest BCUT2D eigenvalue weighted by molar-refractivity contribution is 0.395. The Bertz CT molecular complexity index is 826. The Morgan fingerprint density at radius 3 is 2.74 bits per heavy atom. The summed E-state index contributed by atoms with van der Waals surface area (Å²) in [5, 5.41) is 1.74. The van der Waals surface area contributed by atoms with Gasteiger partial charge in [-0.25, -0.2) is 9.97 Å². The minimum atomic E-state index is 0.536. The molecule has 0 radical (unpaired) electrons. The fraction of sp³-hybridized carbons (Fsp3) is 0.294. The van der Waals surface area contributed by atoms with Crippen LogP contribution in [0.3, 0.4) is 0 Å². The molecule has 0 spiro atoms. The number of hydrogen-bond acceptors (Lipinski definition) is 3. The molecule has 1 aliphatic heterocycles. The summed E-state index contributed by atoms with van der Waals surface area (Å²) in [6.07, 6.45) is 8.00. The number of anilines is 1. The van der Waals surface area contributed by atoms with E-state index in [4.69, 9.17) is 16.6 Å². The second kappa shape index (κ2) is 6.13. The summed E-state index contributed by atoms with van der Waals surface area (Å²) in [7, 11) is 0. The first-order valence-electron chi connectivity index (χ1n) is 7.69. The number of pyridine rings is 1. The van der Waals surface area contributed by atoms with E-state index in [1.165, 1.54) is 0 Å². The van der Waals surface area contributed by atoms with E-state index in [-0.39, 0.29) is 0 Å². The van der Waals surface area contributed by atoms with Crippen LogP contribution in [0, 0.1) is 0 Å². The van der Waals surface area contributed by atoms with Gasteiger partial charge in [-0.05, 0) is 37.1 Å². The average molecular weight is 392 g/mol. The predicted octanol–water partition coefficient (Wildman–Crippen LogP) is 4.69. The molecule has 0 unspecified atom stereocenters. The normalized spacial score (nSPS) is 16.2. The maximum Gasteiger partial charge on any atom is 0.129 e. The van der Waals surface area contributed by atoms with Crippen LogP contribution in [0.15, 0.2) is 47.5 Å². The van der Waals surface area contributed by atoms with Gasteiger partial charge in [0, 0.05) is 41.4 Å². The number of hydrogen-bond donors (Lipinski definition) is 0. The van der Waals surface area contributed by atoms with E-state index in [1.807, 2.05) is 30.9 Å². The molecule has 0 bridgehead atoms. The van der Waals surface area contributed by atoms with Crippen molar-refractivity contribution in [1.82, 2.24) is 14.5 Å². The maximum absolute atomic E-state index is 6.34. The monoisotopic (exact) mass is 390 g/mol. The zero-order valence-electron chi connectivity index (χ0n) is 12.5. The molecule has 118 valence electrons. The second-order valence-electron chi connectivity index (χ2n) is 5.86. The third-order valence-corrected chi connectivity index (χ3v) is 5.18. The summed E-state index contributed by atoms with van der Waals surface area (Å²) in [6, 6.07) is 8.66. The lowest BCUT2D eigenvalue weighted by Gasteiger charge is -2.33. The molecular weight excluding hydrogens is 376 g/mol. The molecule has 1 saturated heterocycles. The summed E-state index contributed by atoms with van der Waals surface area (Å²) in [6.45, 7) is 1.99. The maximum atomic E-state index is 6.34. The van der Waals surface area contributed by atoms with Gasteiger partial charge in [0.2, 0.25) is 0 Å². The number of nitrogens with zero attached hydrogens (tertiary/aromatic N) is 4. The van der Waals surface area contributed by atoms with Crippen molar-refractivity contribution in [3.05, 3.63) is 52.5 Å². The van der Waals surface area contributed by atoms with Crippen molar-refractivity contribution in [3.63, 3.8) is 0 Å². The molecule has 1 fully saturated rings. The minimum Gasteiger partial charge on any atom is -0.356 e. The quantitative estimate of drug-likeness (QED) is 0.635. The van der Waals surface area contributed by atoms with E-state index in [0.29, 0.717) is 11.1 Å². The number of fused-ring (bicyclic) bond motifs is 1. The SMILES string of the molecule is Clc1cc(Br)cc2ccc(N3CCC(n4ccnc4)CC3)nc12. The largest absolute Gasteiger partial charge is 0.356 e. The van der Waals surface area contributed by atoms with E-state index in [0.717, 1.165) is 47.1 Å². The topological polar surface area (TPSA) is 34.0 Å². The Morgan fingerprint density at radius 1 is 1.17 bits per heavy atom. The van der Waals surface area contributed by atoms with Crippen LogP contribution in [0.25, 0.3) is 10.9 Å². The first-order chi connectivity index (χ1) is 11.2. The molecule has 3 heterocycles. The fourth-order valence-corrected chi connectivity index (χ4v) is 4.08. The van der Waals surface area contributed by atoms with Crippen molar-refractivity contribution >= 4 is 44.3 Å². The van der Waals surface area contributed by atoms with Gasteiger partial charge in [0.05, 0.1) is 16.9 Å². The summed E-state index contributed by atoms with van der Waals surface area (Å²) >= 11 is 9.82. The van der Waals surface area contributed by atoms with Gasteiger partial charge in [0.25, 0.3) is 0 Å². The summed E-state index contributed by atoms with van der Waals surface area (Å²) in [4.78, 5) is 11.3. The third-order valence-electron chi connectivity index (χ3n) is 4.43. The van der Waals surface area contributed by atoms with Crippen molar-refractivity contribution in [1.29, 1.82) is 0 Å². The van der Waals surface area contributed by atoms with Crippen LogP contribution in [0.5, 0.6) is 0 Å². The summed E-state index contributed by atoms with van der Waals surface area (Å²) in [5.74, 6) is 1.01. The van der Waals surface area contributed by atoms with Crippen LogP contribution in [0.1, 0.15) is 18.9 Å². The van der Waals surface area contributed by atoms with Crippen LogP contribution in [-0.4, -0.2) is 27.6 Å². The zero-order valence-corrected chi connectivity index (χ0v) is 14.8. The average Bonchev–Trinajstić information content (AvgIpc) is 3.09. The van der Waals surface area contributed by atoms with E-state index >= 15 is 0 Å². The van der Waals surface area contributed by atoms with Gasteiger partial charge in [-0.3, -0.25) is 0 Å². The number of rotatable bonds is 2. The lowest BCUT2D eigenvalue weighted by Crippen LogP contribution is -2.34. The van der Waals surface area contributed by atoms with Crippen molar-refractivity contribution < 1.29 is 0 Å². The highest BCUT2D eigenvalue weighted by molar-refractivity contribution is 9.10. The Kier molecular flexibility index (Phi) is 3.99. The summed E-state index contributed by atoms with van der Waals surface area (Å²) < 4.78 is 3.19. The minimum absolute atomic E-state index is 0.536. The van der Waals surface area contributed by atoms with Gasteiger partial charge in [0.1, 0.15) is 5.82 Å². The molecule has 4 rings (SSSR count). The molecule has 4 nitrogen and oxygen atoms in total. The smallest absolute Gasteiger partial charge is 0.129 e. The van der Waals surface area contributed by atoms with Gasteiger partial charge >= 0.3 is 0 Å². The number of piperidine rings is 1. The molecule has 0 saturated carbocycles. The second-order valence-corrected chi connectivity index (χ2v) is 7.18. The molecule has 0 aliphatic carbocycles. The van der Waals surface area contributed by atoms with Crippen molar-refractivity contribution in [2.45, 2.75) is 18.9 Å². The van der Waals surface area contributed by atoms with Crippen LogP contribution < -0.4 is 4.90 Å². The van der Waals surface area contributed by atoms with Gasteiger partial charge in [0.15, 0.2) is 0 Å². The standard InChI is InChI=1S/C17H16BrClN4/c18-13-9-12-1-2-16(21-17(12)15(19)10-13)22-6-3-14(4-7-22)23-8-5-20-11-23/h1-2,5,8-11,14H,3-4,6-7H2. The molecule has 0 N–H and O–H groups in total. The van der Waals surface area contributed by atoms with Crippen LogP contribution >= 0.6 is 27.5 Å². The lowest BCUT2D eigenvalue weighted by atomic mass is 10.0. The molecule has 0 atom stereocenters. The predicted molar refractivity (Wildman–Crippen MR) is 97.2 cm³/mol. The fourth-order valence-electron chi connectivity index (χ4n) is 3.20. The van der Waals surface area contributed by atoms with Crippen LogP contribution in [0.4, 0.5) is 5.82 Å². The Labute approximate surface area is 148 Å². The van der Waals surface area contributed by atoms with Gasteiger partial charge in [-0.15, -0.1) is 0 Å². The molecule has 3 aromatic rings. The highest BCUT2D eigenvalue weighted by Gasteiger charge is 2.21. The van der Waals surface area contributed by atoms with E-state index in [2.05, 4.69) is 42.5 Å². The van der Waals surface area contributed by atoms with Crippen LogP contribution in [-0.2, 0) is 0 Å². The molecule has 1 aliphatic rings. The van der Waals surface area contributed by atoms with Crippen LogP contribution in [0.2, 0.25) is 5.02 Å². The van der Waals surface area contributed by atoms with E-state index in [1.54, 1.807) is 0 Å². The van der Waals surface area contributed by atoms with Crippen molar-refractivity contribution in [2.24, 2.45) is 0 Å². The first kappa shape index (κ1) is 15.0. The third kappa shape index (κ3) is 2.95. The molecular formula is C17H16BrClN4. The molecule has 6 heteroatoms. The number of aromatic nitrogens is 3. The first-order valence-corrected chi connectivity index (χ1v) is 8.86. The molecule has 23 heavy (non-hydrogen) atoms. The number of benzene rings is 1. The Balaban J connectivity index is 1.56. The Hall–Kier alpha value is -1.59. The van der Waals surface area contributed by atoms with Gasteiger partial charge in [-0.1, -0.05) is 27.5 Å². The summed E-state index contributed by atoms with van der Waals surface area (Å²) in [5.41, 5.74) is 0.865. The highest BCUT2D eigenvalue weighted by atomic mass is 79.9. The van der Waals surface area contributed by atoms with E-state index < -0.39 is 0 Å². The molecule has 2 aromatic heterocycles. The van der Waals surface area contributed by atoms with Gasteiger partial charge in [-0.2, -0.15) is 0 Å². The van der Waals surface area contributed by atoms with Crippen molar-refractivity contribution in [3.8, 4) is 0 Å². The highest BCUT2D eigenvalue weighted by Crippen LogP contribution is 2.30. The van der Waals surface area contributed by atoms with E-state index in [9.17, 15) is 0 Å². The molecule has 0 amide bonds. The number of halogens is 2. The van der Waals surface area contributed by atoms with Gasteiger partial charge < -0.3 is 9.47 Å².